The number of rotatable bonds is 7. The van der Waals surface area contributed by atoms with Crippen LogP contribution in [0.25, 0.3) is 0 Å². The van der Waals surface area contributed by atoms with E-state index in [9.17, 15) is 14.9 Å². The van der Waals surface area contributed by atoms with Gasteiger partial charge in [0, 0.05) is 11.6 Å². The van der Waals surface area contributed by atoms with E-state index in [2.05, 4.69) is 5.32 Å². The second kappa shape index (κ2) is 8.06. The van der Waals surface area contributed by atoms with Crippen molar-refractivity contribution in [2.45, 2.75) is 0 Å². The molecule has 2 aromatic rings. The minimum atomic E-state index is -0.618. The van der Waals surface area contributed by atoms with Crippen LogP contribution in [-0.2, 0) is 0 Å². The Labute approximate surface area is 149 Å². The molecule has 2 rings (SSSR count). The maximum atomic E-state index is 12.5. The van der Waals surface area contributed by atoms with Gasteiger partial charge in [0.25, 0.3) is 5.91 Å². The fourth-order valence-corrected chi connectivity index (χ4v) is 2.37. The quantitative estimate of drug-likeness (QED) is 0.596. The topological polar surface area (TPSA) is 109 Å². The molecule has 9 nitrogen and oxygen atoms in total. The summed E-state index contributed by atoms with van der Waals surface area (Å²) in [5, 5.41) is 13.8. The first kappa shape index (κ1) is 18.8. The summed E-state index contributed by atoms with van der Waals surface area (Å²) >= 11 is 0. The molecule has 26 heavy (non-hydrogen) atoms. The Hall–Kier alpha value is -3.49. The van der Waals surface area contributed by atoms with Crippen LogP contribution in [0.3, 0.4) is 0 Å². The normalized spacial score (nSPS) is 10.0. The summed E-state index contributed by atoms with van der Waals surface area (Å²) in [5.74, 6) is 0.524. The van der Waals surface area contributed by atoms with Gasteiger partial charge in [0.05, 0.1) is 39.0 Å². The van der Waals surface area contributed by atoms with Gasteiger partial charge in [0.1, 0.15) is 0 Å². The molecule has 1 N–H and O–H groups in total. The van der Waals surface area contributed by atoms with Gasteiger partial charge in [-0.3, -0.25) is 14.9 Å². The largest absolute Gasteiger partial charge is 0.493 e. The summed E-state index contributed by atoms with van der Waals surface area (Å²) in [6.07, 6.45) is 0. The number of nitrogens with one attached hydrogen (secondary N) is 1. The van der Waals surface area contributed by atoms with Crippen molar-refractivity contribution in [2.24, 2.45) is 0 Å². The lowest BCUT2D eigenvalue weighted by molar-refractivity contribution is -0.385. The Balaban J connectivity index is 2.39. The van der Waals surface area contributed by atoms with Gasteiger partial charge in [-0.15, -0.1) is 0 Å². The summed E-state index contributed by atoms with van der Waals surface area (Å²) in [4.78, 5) is 23.0. The van der Waals surface area contributed by atoms with Crippen LogP contribution >= 0.6 is 0 Å². The van der Waals surface area contributed by atoms with E-state index in [0.29, 0.717) is 17.2 Å². The highest BCUT2D eigenvalue weighted by atomic mass is 16.6. The molecule has 0 unspecified atom stereocenters. The number of hydrogen-bond donors (Lipinski definition) is 1. The van der Waals surface area contributed by atoms with Crippen LogP contribution in [0.2, 0.25) is 0 Å². The van der Waals surface area contributed by atoms with Crippen molar-refractivity contribution in [3.05, 3.63) is 46.0 Å². The van der Waals surface area contributed by atoms with Crippen LogP contribution in [0.15, 0.2) is 30.3 Å². The van der Waals surface area contributed by atoms with E-state index in [1.807, 2.05) is 0 Å². The summed E-state index contributed by atoms with van der Waals surface area (Å²) in [5.41, 5.74) is 0.113. The molecule has 1 amide bonds. The zero-order valence-corrected chi connectivity index (χ0v) is 14.7. The smallest absolute Gasteiger partial charge is 0.311 e. The molecule has 0 saturated carbocycles. The number of ether oxygens (including phenoxy) is 4. The van der Waals surface area contributed by atoms with E-state index >= 15 is 0 Å². The van der Waals surface area contributed by atoms with Crippen molar-refractivity contribution in [3.8, 4) is 23.0 Å². The van der Waals surface area contributed by atoms with Crippen molar-refractivity contribution in [2.75, 3.05) is 33.8 Å². The summed E-state index contributed by atoms with van der Waals surface area (Å²) in [6, 6.07) is 7.11. The highest BCUT2D eigenvalue weighted by Gasteiger charge is 2.21. The van der Waals surface area contributed by atoms with Crippen molar-refractivity contribution in [1.82, 2.24) is 0 Å². The molecule has 0 spiro atoms. The maximum absolute atomic E-state index is 12.5. The van der Waals surface area contributed by atoms with E-state index in [1.54, 1.807) is 12.1 Å². The van der Waals surface area contributed by atoms with E-state index in [0.717, 1.165) is 6.07 Å². The molecule has 0 radical (unpaired) electrons. The predicted octanol–water partition coefficient (Wildman–Crippen LogP) is 2.88. The Bertz CT molecular complexity index is 836. The molecule has 138 valence electrons. The Morgan fingerprint density at radius 2 is 1.54 bits per heavy atom. The summed E-state index contributed by atoms with van der Waals surface area (Å²) in [7, 11) is 5.66. The number of amides is 1. The third-order valence-electron chi connectivity index (χ3n) is 3.59. The lowest BCUT2D eigenvalue weighted by Crippen LogP contribution is -2.13. The highest BCUT2D eigenvalue weighted by molar-refractivity contribution is 6.06. The minimum Gasteiger partial charge on any atom is -0.493 e. The number of hydrogen-bond acceptors (Lipinski definition) is 7. The first-order valence-electron chi connectivity index (χ1n) is 7.39. The number of nitrogens with zero attached hydrogens (tertiary/aromatic N) is 1. The Morgan fingerprint density at radius 3 is 2.08 bits per heavy atom. The van der Waals surface area contributed by atoms with Crippen LogP contribution in [0.4, 0.5) is 11.4 Å². The van der Waals surface area contributed by atoms with Gasteiger partial charge in [0.2, 0.25) is 5.75 Å². The number of anilines is 1. The molecule has 0 aliphatic carbocycles. The molecule has 9 heteroatoms. The lowest BCUT2D eigenvalue weighted by Gasteiger charge is -2.16. The first-order valence-corrected chi connectivity index (χ1v) is 7.39. The number of nitro benzene ring substituents is 1. The zero-order chi connectivity index (χ0) is 19.3. The van der Waals surface area contributed by atoms with Crippen LogP contribution in [0.5, 0.6) is 23.0 Å². The molecule has 0 aromatic heterocycles. The van der Waals surface area contributed by atoms with Gasteiger partial charge in [-0.05, 0) is 24.3 Å². The van der Waals surface area contributed by atoms with E-state index in [-0.39, 0.29) is 22.7 Å². The van der Waals surface area contributed by atoms with E-state index in [4.69, 9.17) is 18.9 Å². The van der Waals surface area contributed by atoms with Crippen molar-refractivity contribution in [3.63, 3.8) is 0 Å². The summed E-state index contributed by atoms with van der Waals surface area (Å²) < 4.78 is 20.7. The summed E-state index contributed by atoms with van der Waals surface area (Å²) in [6.45, 7) is 0. The van der Waals surface area contributed by atoms with Crippen molar-refractivity contribution >= 4 is 17.3 Å². The second-order valence-corrected chi connectivity index (χ2v) is 4.98. The van der Waals surface area contributed by atoms with Crippen LogP contribution < -0.4 is 24.3 Å². The number of carbonyl (C=O) groups is 1. The standard InChI is InChI=1S/C17H18N2O7/c1-23-13-7-5-10(9-12(13)19(21)22)17(20)18-11-6-8-14(24-2)16(26-4)15(11)25-3/h5-9H,1-4H3,(H,18,20). The molecule has 0 aliphatic rings. The van der Waals surface area contributed by atoms with Gasteiger partial charge in [-0.2, -0.15) is 0 Å². The third-order valence-corrected chi connectivity index (χ3v) is 3.59. The second-order valence-electron chi connectivity index (χ2n) is 4.98. The Kier molecular flexibility index (Phi) is 5.84. The van der Waals surface area contributed by atoms with Gasteiger partial charge < -0.3 is 24.3 Å². The molecule has 0 bridgehead atoms. The van der Waals surface area contributed by atoms with Gasteiger partial charge >= 0.3 is 5.69 Å². The fourth-order valence-electron chi connectivity index (χ4n) is 2.37. The molecule has 0 heterocycles. The average Bonchev–Trinajstić information content (AvgIpc) is 2.66. The number of nitro groups is 1. The zero-order valence-electron chi connectivity index (χ0n) is 14.7. The molecule has 0 aliphatic heterocycles. The van der Waals surface area contributed by atoms with Crippen molar-refractivity contribution < 1.29 is 28.7 Å². The SMILES string of the molecule is COc1ccc(C(=O)Nc2ccc(OC)c(OC)c2OC)cc1[N+](=O)[O-]. The van der Waals surface area contributed by atoms with Crippen LogP contribution in [0, 0.1) is 10.1 Å². The minimum absolute atomic E-state index is 0.0650. The van der Waals surface area contributed by atoms with Gasteiger partial charge in [-0.25, -0.2) is 0 Å². The molecule has 2 aromatic carbocycles. The number of carbonyl (C=O) groups excluding carboxylic acids is 1. The van der Waals surface area contributed by atoms with Crippen LogP contribution in [-0.4, -0.2) is 39.3 Å². The van der Waals surface area contributed by atoms with E-state index < -0.39 is 10.8 Å². The molecular formula is C17H18N2O7. The number of methoxy groups -OCH3 is 4. The van der Waals surface area contributed by atoms with Gasteiger partial charge in [-0.1, -0.05) is 0 Å². The van der Waals surface area contributed by atoms with E-state index in [1.165, 1.54) is 40.6 Å². The molecule has 0 saturated heterocycles. The van der Waals surface area contributed by atoms with Crippen LogP contribution in [0.1, 0.15) is 10.4 Å². The average molecular weight is 362 g/mol. The number of benzene rings is 2. The Morgan fingerprint density at radius 1 is 0.923 bits per heavy atom. The predicted molar refractivity (Wildman–Crippen MR) is 93.7 cm³/mol. The maximum Gasteiger partial charge on any atom is 0.311 e. The fraction of sp³-hybridized carbons (Fsp3) is 0.235. The lowest BCUT2D eigenvalue weighted by atomic mass is 10.1. The first-order chi connectivity index (χ1) is 12.5. The van der Waals surface area contributed by atoms with Crippen molar-refractivity contribution in [1.29, 1.82) is 0 Å². The molecule has 0 fully saturated rings. The third kappa shape index (κ3) is 3.61. The monoisotopic (exact) mass is 362 g/mol. The molecule has 0 atom stereocenters. The molecular weight excluding hydrogens is 344 g/mol. The van der Waals surface area contributed by atoms with Gasteiger partial charge in [0.15, 0.2) is 17.2 Å². The highest BCUT2D eigenvalue weighted by Crippen LogP contribution is 2.42.